The molecule has 23 heavy (non-hydrogen) atoms. The number of halogens is 3. The Morgan fingerprint density at radius 2 is 1.57 bits per heavy atom. The van der Waals surface area contributed by atoms with E-state index in [2.05, 4.69) is 13.0 Å². The van der Waals surface area contributed by atoms with Gasteiger partial charge in [0.15, 0.2) is 0 Å². The maximum absolute atomic E-state index is 14.5. The molecule has 0 heterocycles. The van der Waals surface area contributed by atoms with Gasteiger partial charge in [0.2, 0.25) is 0 Å². The molecule has 1 aliphatic carbocycles. The second kappa shape index (κ2) is 6.23. The molecule has 0 fully saturated rings. The number of aryl methyl sites for hydroxylation is 1. The second-order valence-corrected chi connectivity index (χ2v) is 6.39. The molecule has 1 aliphatic rings. The predicted molar refractivity (Wildman–Crippen MR) is 87.5 cm³/mol. The Bertz CT molecular complexity index is 751. The molecule has 0 radical (unpaired) electrons. The van der Waals surface area contributed by atoms with E-state index in [9.17, 15) is 13.2 Å². The van der Waals surface area contributed by atoms with Gasteiger partial charge in [0.05, 0.1) is 5.56 Å². The minimum Gasteiger partial charge on any atom is -0.207 e. The number of benzene rings is 2. The third-order valence-electron chi connectivity index (χ3n) is 4.55. The van der Waals surface area contributed by atoms with Crippen LogP contribution < -0.4 is 0 Å². The van der Waals surface area contributed by atoms with E-state index in [1.807, 2.05) is 0 Å². The molecular weight excluding hydrogens is 297 g/mol. The highest BCUT2D eigenvalue weighted by Gasteiger charge is 2.18. The molecular formula is C20H19F3. The van der Waals surface area contributed by atoms with E-state index in [1.54, 1.807) is 13.0 Å². The molecule has 0 nitrogen and oxygen atoms in total. The summed E-state index contributed by atoms with van der Waals surface area (Å²) in [5.41, 5.74) is 2.08. The van der Waals surface area contributed by atoms with Crippen LogP contribution in [0, 0.1) is 30.3 Å². The molecule has 0 amide bonds. The molecule has 120 valence electrons. The highest BCUT2D eigenvalue weighted by Crippen LogP contribution is 2.34. The first-order valence-corrected chi connectivity index (χ1v) is 7.90. The average Bonchev–Trinajstić information content (AvgIpc) is 2.51. The third-order valence-corrected chi connectivity index (χ3v) is 4.55. The summed E-state index contributed by atoms with van der Waals surface area (Å²) in [5.74, 6) is -1.15. The molecule has 0 saturated carbocycles. The summed E-state index contributed by atoms with van der Waals surface area (Å²) in [5, 5.41) is 0. The smallest absolute Gasteiger partial charge is 0.134 e. The van der Waals surface area contributed by atoms with E-state index < -0.39 is 17.5 Å². The predicted octanol–water partition coefficient (Wildman–Crippen LogP) is 6.28. The highest BCUT2D eigenvalue weighted by atomic mass is 19.1. The molecule has 0 aliphatic heterocycles. The first kappa shape index (κ1) is 15.9. The van der Waals surface area contributed by atoms with Crippen molar-refractivity contribution in [3.05, 3.63) is 65.0 Å². The summed E-state index contributed by atoms with van der Waals surface area (Å²) >= 11 is 0. The first-order valence-electron chi connectivity index (χ1n) is 7.90. The molecule has 1 atom stereocenters. The molecule has 0 saturated heterocycles. The van der Waals surface area contributed by atoms with Crippen LogP contribution in [0.1, 0.15) is 37.3 Å². The Hall–Kier alpha value is -2.03. The van der Waals surface area contributed by atoms with Crippen molar-refractivity contribution in [1.82, 2.24) is 0 Å². The van der Waals surface area contributed by atoms with Crippen LogP contribution in [0.3, 0.4) is 0 Å². The minimum absolute atomic E-state index is 0.169. The number of hydrogen-bond acceptors (Lipinski definition) is 0. The SMILES string of the molecule is Cc1ccc(-c2c(F)cc(C3=CCC(C)CC3)cc2F)cc1F. The zero-order valence-corrected chi connectivity index (χ0v) is 13.3. The minimum atomic E-state index is -0.650. The third kappa shape index (κ3) is 3.19. The monoisotopic (exact) mass is 316 g/mol. The molecule has 3 heteroatoms. The Morgan fingerprint density at radius 1 is 0.913 bits per heavy atom. The normalized spacial score (nSPS) is 18.0. The molecule has 3 rings (SSSR count). The van der Waals surface area contributed by atoms with Crippen molar-refractivity contribution >= 4 is 5.57 Å². The Balaban J connectivity index is 2.02. The van der Waals surface area contributed by atoms with Crippen LogP contribution in [0.4, 0.5) is 13.2 Å². The molecule has 0 aromatic heterocycles. The molecule has 0 bridgehead atoms. The van der Waals surface area contributed by atoms with Crippen molar-refractivity contribution in [3.8, 4) is 11.1 Å². The Kier molecular flexibility index (Phi) is 4.29. The van der Waals surface area contributed by atoms with Gasteiger partial charge in [-0.15, -0.1) is 0 Å². The Morgan fingerprint density at radius 3 is 2.13 bits per heavy atom. The van der Waals surface area contributed by atoms with Gasteiger partial charge in [-0.1, -0.05) is 25.1 Å². The standard InChI is InChI=1S/C20H19F3/c1-12-3-6-14(7-4-12)16-10-18(22)20(19(23)11-16)15-8-5-13(2)17(21)9-15/h5-6,8-12H,3-4,7H2,1-2H3. The largest absolute Gasteiger partial charge is 0.207 e. The zero-order valence-electron chi connectivity index (χ0n) is 13.3. The lowest BCUT2D eigenvalue weighted by Gasteiger charge is -2.19. The highest BCUT2D eigenvalue weighted by molar-refractivity contribution is 5.72. The van der Waals surface area contributed by atoms with E-state index in [0.717, 1.165) is 24.8 Å². The Labute approximate surface area is 134 Å². The maximum atomic E-state index is 14.5. The zero-order chi connectivity index (χ0) is 16.6. The van der Waals surface area contributed by atoms with Crippen molar-refractivity contribution in [2.24, 2.45) is 5.92 Å². The van der Waals surface area contributed by atoms with Crippen LogP contribution in [0.25, 0.3) is 16.7 Å². The lowest BCUT2D eigenvalue weighted by Crippen LogP contribution is -2.02. The molecule has 1 unspecified atom stereocenters. The van der Waals surface area contributed by atoms with E-state index >= 15 is 0 Å². The van der Waals surface area contributed by atoms with E-state index in [-0.39, 0.29) is 11.1 Å². The van der Waals surface area contributed by atoms with E-state index in [1.165, 1.54) is 24.3 Å². The molecule has 0 N–H and O–H groups in total. The second-order valence-electron chi connectivity index (χ2n) is 6.39. The summed E-state index contributed by atoms with van der Waals surface area (Å²) in [6, 6.07) is 6.97. The summed E-state index contributed by atoms with van der Waals surface area (Å²) in [6.45, 7) is 3.79. The molecule has 2 aromatic carbocycles. The quantitative estimate of drug-likeness (QED) is 0.611. The van der Waals surface area contributed by atoms with E-state index in [4.69, 9.17) is 0 Å². The van der Waals surface area contributed by atoms with Crippen LogP contribution in [-0.4, -0.2) is 0 Å². The van der Waals surface area contributed by atoms with Gasteiger partial charge >= 0.3 is 0 Å². The van der Waals surface area contributed by atoms with Crippen LogP contribution in [0.2, 0.25) is 0 Å². The van der Waals surface area contributed by atoms with Crippen molar-refractivity contribution in [1.29, 1.82) is 0 Å². The van der Waals surface area contributed by atoms with Crippen LogP contribution >= 0.6 is 0 Å². The van der Waals surface area contributed by atoms with Crippen LogP contribution in [0.15, 0.2) is 36.4 Å². The van der Waals surface area contributed by atoms with Crippen LogP contribution in [0.5, 0.6) is 0 Å². The average molecular weight is 316 g/mol. The number of hydrogen-bond donors (Lipinski definition) is 0. The fraction of sp³-hybridized carbons (Fsp3) is 0.300. The van der Waals surface area contributed by atoms with Crippen molar-refractivity contribution in [2.75, 3.05) is 0 Å². The number of rotatable bonds is 2. The topological polar surface area (TPSA) is 0 Å². The van der Waals surface area contributed by atoms with Gasteiger partial charge in [-0.2, -0.15) is 0 Å². The van der Waals surface area contributed by atoms with Gasteiger partial charge in [-0.3, -0.25) is 0 Å². The van der Waals surface area contributed by atoms with Gasteiger partial charge in [-0.25, -0.2) is 13.2 Å². The first-order chi connectivity index (χ1) is 11.0. The maximum Gasteiger partial charge on any atom is 0.134 e. The van der Waals surface area contributed by atoms with Gasteiger partial charge in [0.1, 0.15) is 17.5 Å². The molecule has 2 aromatic rings. The van der Waals surface area contributed by atoms with Gasteiger partial charge in [0, 0.05) is 0 Å². The van der Waals surface area contributed by atoms with Crippen molar-refractivity contribution in [2.45, 2.75) is 33.1 Å². The van der Waals surface area contributed by atoms with Gasteiger partial charge < -0.3 is 0 Å². The van der Waals surface area contributed by atoms with Crippen LogP contribution in [-0.2, 0) is 0 Å². The summed E-state index contributed by atoms with van der Waals surface area (Å²) < 4.78 is 42.6. The lowest BCUT2D eigenvalue weighted by atomic mass is 9.87. The summed E-state index contributed by atoms with van der Waals surface area (Å²) in [6.07, 6.45) is 4.86. The van der Waals surface area contributed by atoms with Gasteiger partial charge in [-0.05, 0) is 72.6 Å². The summed E-state index contributed by atoms with van der Waals surface area (Å²) in [7, 11) is 0. The molecule has 0 spiro atoms. The van der Waals surface area contributed by atoms with Gasteiger partial charge in [0.25, 0.3) is 0 Å². The van der Waals surface area contributed by atoms with Crippen molar-refractivity contribution in [3.63, 3.8) is 0 Å². The number of allylic oxidation sites excluding steroid dienone is 2. The fourth-order valence-electron chi connectivity index (χ4n) is 3.01. The van der Waals surface area contributed by atoms with Crippen molar-refractivity contribution < 1.29 is 13.2 Å². The van der Waals surface area contributed by atoms with E-state index in [0.29, 0.717) is 17.0 Å². The fourth-order valence-corrected chi connectivity index (χ4v) is 3.01. The summed E-state index contributed by atoms with van der Waals surface area (Å²) in [4.78, 5) is 0. The lowest BCUT2D eigenvalue weighted by molar-refractivity contribution is 0.533.